The van der Waals surface area contributed by atoms with E-state index < -0.39 is 11.9 Å². The fourth-order valence-corrected chi connectivity index (χ4v) is 5.61. The van der Waals surface area contributed by atoms with Gasteiger partial charge in [-0.15, -0.1) is 0 Å². The predicted molar refractivity (Wildman–Crippen MR) is 196 cm³/mol. The van der Waals surface area contributed by atoms with E-state index >= 15 is 0 Å². The Hall–Kier alpha value is -5.36. The zero-order valence-electron chi connectivity index (χ0n) is 27.8. The number of aromatic nitrogens is 1. The van der Waals surface area contributed by atoms with E-state index in [9.17, 15) is 9.59 Å². The molecule has 0 aliphatic rings. The first-order valence-corrected chi connectivity index (χ1v) is 17.1. The van der Waals surface area contributed by atoms with Crippen LogP contribution in [0.3, 0.4) is 0 Å². The molecule has 258 valence electrons. The van der Waals surface area contributed by atoms with Crippen LogP contribution in [0.4, 0.5) is 5.13 Å². The Morgan fingerprint density at radius 1 is 0.860 bits per heavy atom. The van der Waals surface area contributed by atoms with Crippen molar-refractivity contribution in [2.24, 2.45) is 5.10 Å². The SMILES string of the molecule is C=CC(=O)OCCOCCOCCOc1ccc(C(=O)Oc2ccc(-c3ccc(CCC)cc3)cc2/C=N/Nc2nc3ccccc3s2)cc1. The number of rotatable bonds is 19. The second kappa shape index (κ2) is 19.0. The van der Waals surface area contributed by atoms with Gasteiger partial charge in [0.15, 0.2) is 0 Å². The quantitative estimate of drug-likeness (QED) is 0.0232. The lowest BCUT2D eigenvalue weighted by atomic mass is 10.0. The Kier molecular flexibility index (Phi) is 13.6. The molecule has 0 radical (unpaired) electrons. The number of benzene rings is 4. The van der Waals surface area contributed by atoms with E-state index in [0.717, 1.165) is 40.3 Å². The maximum atomic E-state index is 13.2. The molecule has 10 nitrogen and oxygen atoms in total. The van der Waals surface area contributed by atoms with Gasteiger partial charge in [-0.3, -0.25) is 5.43 Å². The first-order valence-electron chi connectivity index (χ1n) is 16.3. The molecule has 4 aromatic carbocycles. The largest absolute Gasteiger partial charge is 0.491 e. The van der Waals surface area contributed by atoms with Gasteiger partial charge in [0.1, 0.15) is 24.7 Å². The van der Waals surface area contributed by atoms with Crippen molar-refractivity contribution in [3.8, 4) is 22.6 Å². The molecule has 1 aromatic heterocycles. The predicted octanol–water partition coefficient (Wildman–Crippen LogP) is 7.72. The molecule has 0 bridgehead atoms. The van der Waals surface area contributed by atoms with Crippen LogP contribution < -0.4 is 14.9 Å². The molecule has 5 rings (SSSR count). The average Bonchev–Trinajstić information content (AvgIpc) is 3.56. The minimum absolute atomic E-state index is 0.163. The number of esters is 2. The molecule has 0 atom stereocenters. The fraction of sp³-hybridized carbons (Fsp3) is 0.231. The summed E-state index contributed by atoms with van der Waals surface area (Å²) in [6.45, 7) is 7.36. The van der Waals surface area contributed by atoms with Gasteiger partial charge in [0.25, 0.3) is 0 Å². The lowest BCUT2D eigenvalue weighted by Gasteiger charge is -2.11. The van der Waals surface area contributed by atoms with E-state index in [1.807, 2.05) is 36.4 Å². The highest BCUT2D eigenvalue weighted by Gasteiger charge is 2.13. The molecule has 1 heterocycles. The van der Waals surface area contributed by atoms with E-state index in [0.29, 0.717) is 54.2 Å². The molecule has 0 aliphatic carbocycles. The molecule has 1 N–H and O–H groups in total. The summed E-state index contributed by atoms with van der Waals surface area (Å²) in [6.07, 6.45) is 4.86. The van der Waals surface area contributed by atoms with Crippen LogP contribution in [0.5, 0.6) is 11.5 Å². The Labute approximate surface area is 295 Å². The number of ether oxygens (including phenoxy) is 5. The standard InChI is InChI=1S/C39H39N3O7S/c1-3-7-28-10-12-29(13-11-28)31-16-19-35(32(26-31)27-40-42-39-41-34-8-5-6-9-36(34)50-39)49-38(44)30-14-17-33(18-15-30)47-24-22-45-20-21-46-23-25-48-37(43)4-2/h4-6,8-19,26-27H,2-3,7,20-25H2,1H3,(H,41,42)/b40-27+. The van der Waals surface area contributed by atoms with Crippen LogP contribution in [0.2, 0.25) is 0 Å². The number of carbonyl (C=O) groups is 2. The highest BCUT2D eigenvalue weighted by molar-refractivity contribution is 7.22. The maximum Gasteiger partial charge on any atom is 0.343 e. The van der Waals surface area contributed by atoms with Crippen molar-refractivity contribution in [2.45, 2.75) is 19.8 Å². The van der Waals surface area contributed by atoms with Crippen molar-refractivity contribution in [1.82, 2.24) is 4.98 Å². The molecule has 0 saturated carbocycles. The second-order valence-corrected chi connectivity index (χ2v) is 11.9. The normalized spacial score (nSPS) is 11.1. The van der Waals surface area contributed by atoms with E-state index in [1.54, 1.807) is 36.5 Å². The van der Waals surface area contributed by atoms with Gasteiger partial charge in [0.05, 0.1) is 48.4 Å². The second-order valence-electron chi connectivity index (χ2n) is 10.9. The molecule has 5 aromatic rings. The van der Waals surface area contributed by atoms with Crippen LogP contribution in [0.25, 0.3) is 21.3 Å². The first kappa shape index (κ1) is 35.9. The van der Waals surface area contributed by atoms with Gasteiger partial charge in [-0.05, 0) is 71.6 Å². The Balaban J connectivity index is 1.17. The number of anilines is 1. The highest BCUT2D eigenvalue weighted by Crippen LogP contribution is 2.28. The first-order chi connectivity index (χ1) is 24.5. The molecule has 0 spiro atoms. The summed E-state index contributed by atoms with van der Waals surface area (Å²) in [5, 5.41) is 5.09. The molecule has 0 aliphatic heterocycles. The molecule has 0 amide bonds. The van der Waals surface area contributed by atoms with Crippen LogP contribution in [0.15, 0.2) is 109 Å². The minimum Gasteiger partial charge on any atom is -0.491 e. The Morgan fingerprint density at radius 3 is 2.32 bits per heavy atom. The van der Waals surface area contributed by atoms with Gasteiger partial charge < -0.3 is 23.7 Å². The van der Waals surface area contributed by atoms with Gasteiger partial charge in [0.2, 0.25) is 5.13 Å². The third-order valence-corrected chi connectivity index (χ3v) is 8.23. The van der Waals surface area contributed by atoms with Crippen molar-refractivity contribution < 1.29 is 33.3 Å². The van der Waals surface area contributed by atoms with E-state index in [4.69, 9.17) is 23.7 Å². The number of aryl methyl sites for hydroxylation is 1. The zero-order chi connectivity index (χ0) is 35.0. The topological polar surface area (TPSA) is 118 Å². The summed E-state index contributed by atoms with van der Waals surface area (Å²) in [5.41, 5.74) is 8.22. The summed E-state index contributed by atoms with van der Waals surface area (Å²) in [4.78, 5) is 28.8. The number of nitrogens with zero attached hydrogens (tertiary/aromatic N) is 2. The van der Waals surface area contributed by atoms with Crippen LogP contribution >= 0.6 is 11.3 Å². The molecule has 0 unspecified atom stereocenters. The number of nitrogens with one attached hydrogen (secondary N) is 1. The highest BCUT2D eigenvalue weighted by atomic mass is 32.1. The fourth-order valence-electron chi connectivity index (χ4n) is 4.80. The van der Waals surface area contributed by atoms with Gasteiger partial charge in [-0.25, -0.2) is 14.6 Å². The molecule has 0 fully saturated rings. The Morgan fingerprint density at radius 2 is 1.58 bits per heavy atom. The molecule has 50 heavy (non-hydrogen) atoms. The van der Waals surface area contributed by atoms with Crippen molar-refractivity contribution >= 4 is 44.8 Å². The number of para-hydroxylation sites is 1. The van der Waals surface area contributed by atoms with Gasteiger partial charge >= 0.3 is 11.9 Å². The number of hydrogen-bond acceptors (Lipinski definition) is 11. The number of hydrazone groups is 1. The summed E-state index contributed by atoms with van der Waals surface area (Å²) in [7, 11) is 0. The van der Waals surface area contributed by atoms with Crippen LogP contribution in [0, 0.1) is 0 Å². The third-order valence-electron chi connectivity index (χ3n) is 7.29. The van der Waals surface area contributed by atoms with Crippen LogP contribution in [0.1, 0.15) is 34.8 Å². The van der Waals surface area contributed by atoms with E-state index in [2.05, 4.69) is 53.3 Å². The van der Waals surface area contributed by atoms with Gasteiger partial charge in [0, 0.05) is 11.6 Å². The zero-order valence-corrected chi connectivity index (χ0v) is 28.7. The van der Waals surface area contributed by atoms with Gasteiger partial charge in [-0.2, -0.15) is 5.10 Å². The monoisotopic (exact) mass is 693 g/mol. The lowest BCUT2D eigenvalue weighted by Crippen LogP contribution is -2.13. The van der Waals surface area contributed by atoms with Crippen LogP contribution in [-0.2, 0) is 25.4 Å². The van der Waals surface area contributed by atoms with Crippen LogP contribution in [-0.4, -0.2) is 62.8 Å². The number of hydrogen-bond donors (Lipinski definition) is 1. The Bertz CT molecular complexity index is 1860. The van der Waals surface area contributed by atoms with E-state index in [1.165, 1.54) is 16.9 Å². The van der Waals surface area contributed by atoms with Gasteiger partial charge in [-0.1, -0.05) is 73.7 Å². The van der Waals surface area contributed by atoms with Crippen molar-refractivity contribution in [3.05, 3.63) is 120 Å². The average molecular weight is 694 g/mol. The number of thiazole rings is 1. The maximum absolute atomic E-state index is 13.2. The molecular formula is C39H39N3O7S. The smallest absolute Gasteiger partial charge is 0.343 e. The minimum atomic E-state index is -0.510. The van der Waals surface area contributed by atoms with E-state index in [-0.39, 0.29) is 13.2 Å². The summed E-state index contributed by atoms with van der Waals surface area (Å²) < 4.78 is 28.3. The van der Waals surface area contributed by atoms with Crippen molar-refractivity contribution in [2.75, 3.05) is 45.1 Å². The van der Waals surface area contributed by atoms with Crippen molar-refractivity contribution in [1.29, 1.82) is 0 Å². The molecule has 11 heteroatoms. The summed E-state index contributed by atoms with van der Waals surface area (Å²) in [5.74, 6) is -0.0278. The van der Waals surface area contributed by atoms with Crippen molar-refractivity contribution in [3.63, 3.8) is 0 Å². The molecular weight excluding hydrogens is 655 g/mol. The molecule has 0 saturated heterocycles. The lowest BCUT2D eigenvalue weighted by molar-refractivity contribution is -0.139. The summed E-state index contributed by atoms with van der Waals surface area (Å²) in [6, 6.07) is 28.8. The summed E-state index contributed by atoms with van der Waals surface area (Å²) >= 11 is 1.51. The number of fused-ring (bicyclic) bond motifs is 1. The third kappa shape index (κ3) is 10.8. The number of carbonyl (C=O) groups excluding carboxylic acids is 2.